The number of anilines is 1. The molecule has 0 aliphatic rings. The van der Waals surface area contributed by atoms with Gasteiger partial charge in [0.2, 0.25) is 0 Å². The van der Waals surface area contributed by atoms with Crippen molar-refractivity contribution in [3.63, 3.8) is 0 Å². The van der Waals surface area contributed by atoms with Crippen LogP contribution in [0.5, 0.6) is 0 Å². The third-order valence-electron chi connectivity index (χ3n) is 2.45. The molecule has 0 aliphatic heterocycles. The highest BCUT2D eigenvalue weighted by molar-refractivity contribution is 7.07. The van der Waals surface area contributed by atoms with Crippen LogP contribution in [0, 0.1) is 0 Å². The molecule has 1 aromatic heterocycles. The van der Waals surface area contributed by atoms with E-state index in [9.17, 15) is 4.79 Å². The highest BCUT2D eigenvalue weighted by atomic mass is 35.5. The molecule has 94 valence electrons. The summed E-state index contributed by atoms with van der Waals surface area (Å²) in [6, 6.07) is 4.87. The van der Waals surface area contributed by atoms with E-state index in [4.69, 9.17) is 17.3 Å². The standard InChI is InChI=1S/C12H12ClN3OS/c1-16(5-9-6-18-7-15-9)12(17)10-3-2-8(14)4-11(10)13/h2-4,6-7H,5,14H2,1H3. The summed E-state index contributed by atoms with van der Waals surface area (Å²) in [6.07, 6.45) is 0. The Labute approximate surface area is 114 Å². The normalized spacial score (nSPS) is 10.3. The number of carbonyl (C=O) groups is 1. The largest absolute Gasteiger partial charge is 0.399 e. The van der Waals surface area contributed by atoms with Crippen molar-refractivity contribution >= 4 is 34.5 Å². The fourth-order valence-corrected chi connectivity index (χ4v) is 2.36. The van der Waals surface area contributed by atoms with Crippen molar-refractivity contribution in [1.82, 2.24) is 9.88 Å². The molecule has 0 bridgehead atoms. The van der Waals surface area contributed by atoms with Crippen molar-refractivity contribution in [2.24, 2.45) is 0 Å². The first kappa shape index (κ1) is 12.9. The van der Waals surface area contributed by atoms with E-state index in [2.05, 4.69) is 4.98 Å². The van der Waals surface area contributed by atoms with Gasteiger partial charge in [0, 0.05) is 18.1 Å². The number of amides is 1. The van der Waals surface area contributed by atoms with Gasteiger partial charge in [-0.25, -0.2) is 4.98 Å². The Kier molecular flexibility index (Phi) is 3.84. The fraction of sp³-hybridized carbons (Fsp3) is 0.167. The van der Waals surface area contributed by atoms with Gasteiger partial charge in [0.1, 0.15) is 0 Å². The molecular weight excluding hydrogens is 270 g/mol. The number of nitrogens with two attached hydrogens (primary N) is 1. The molecule has 0 fully saturated rings. The summed E-state index contributed by atoms with van der Waals surface area (Å²) in [4.78, 5) is 17.9. The van der Waals surface area contributed by atoms with Crippen LogP contribution in [0.25, 0.3) is 0 Å². The number of halogens is 1. The van der Waals surface area contributed by atoms with Crippen LogP contribution in [-0.2, 0) is 6.54 Å². The molecule has 1 heterocycles. The zero-order chi connectivity index (χ0) is 13.1. The minimum atomic E-state index is -0.145. The number of benzene rings is 1. The molecule has 1 amide bonds. The maximum absolute atomic E-state index is 12.2. The van der Waals surface area contributed by atoms with Gasteiger partial charge in [0.05, 0.1) is 28.3 Å². The predicted octanol–water partition coefficient (Wildman–Crippen LogP) is 2.65. The van der Waals surface area contributed by atoms with Crippen LogP contribution in [0.3, 0.4) is 0 Å². The minimum Gasteiger partial charge on any atom is -0.399 e. The number of nitrogens with zero attached hydrogens (tertiary/aromatic N) is 2. The van der Waals surface area contributed by atoms with E-state index in [1.54, 1.807) is 35.7 Å². The number of rotatable bonds is 3. The van der Waals surface area contributed by atoms with Gasteiger partial charge in [-0.2, -0.15) is 0 Å². The van der Waals surface area contributed by atoms with Crippen LogP contribution in [0.4, 0.5) is 5.69 Å². The Bertz CT molecular complexity index is 556. The first-order valence-electron chi connectivity index (χ1n) is 5.25. The second kappa shape index (κ2) is 5.37. The van der Waals surface area contributed by atoms with Crippen LogP contribution >= 0.6 is 22.9 Å². The number of hydrogen-bond donors (Lipinski definition) is 1. The topological polar surface area (TPSA) is 59.2 Å². The monoisotopic (exact) mass is 281 g/mol. The Morgan fingerprint density at radius 3 is 2.94 bits per heavy atom. The van der Waals surface area contributed by atoms with Crippen LogP contribution in [-0.4, -0.2) is 22.8 Å². The molecule has 0 radical (unpaired) electrons. The third-order valence-corrected chi connectivity index (χ3v) is 3.40. The molecule has 1 aromatic carbocycles. The van der Waals surface area contributed by atoms with Gasteiger partial charge in [0.15, 0.2) is 0 Å². The van der Waals surface area contributed by atoms with Crippen LogP contribution < -0.4 is 5.73 Å². The molecule has 0 spiro atoms. The molecule has 0 aliphatic carbocycles. The fourth-order valence-electron chi connectivity index (χ4n) is 1.54. The minimum absolute atomic E-state index is 0.145. The molecule has 0 atom stereocenters. The highest BCUT2D eigenvalue weighted by Gasteiger charge is 2.15. The number of hydrogen-bond acceptors (Lipinski definition) is 4. The molecule has 6 heteroatoms. The van der Waals surface area contributed by atoms with Crippen molar-refractivity contribution in [3.05, 3.63) is 45.4 Å². The van der Waals surface area contributed by atoms with E-state index in [0.29, 0.717) is 22.8 Å². The summed E-state index contributed by atoms with van der Waals surface area (Å²) < 4.78 is 0. The second-order valence-corrected chi connectivity index (χ2v) is 5.01. The van der Waals surface area contributed by atoms with Crippen molar-refractivity contribution in [3.8, 4) is 0 Å². The lowest BCUT2D eigenvalue weighted by atomic mass is 10.2. The smallest absolute Gasteiger partial charge is 0.255 e. The Balaban J connectivity index is 2.15. The summed E-state index contributed by atoms with van der Waals surface area (Å²) in [6.45, 7) is 0.461. The van der Waals surface area contributed by atoms with Gasteiger partial charge in [-0.1, -0.05) is 11.6 Å². The molecule has 2 rings (SSSR count). The van der Waals surface area contributed by atoms with E-state index in [-0.39, 0.29) is 5.91 Å². The predicted molar refractivity (Wildman–Crippen MR) is 73.8 cm³/mol. The lowest BCUT2D eigenvalue weighted by Crippen LogP contribution is -2.26. The van der Waals surface area contributed by atoms with Crippen LogP contribution in [0.1, 0.15) is 16.1 Å². The van der Waals surface area contributed by atoms with Gasteiger partial charge < -0.3 is 10.6 Å². The number of aromatic nitrogens is 1. The molecule has 2 aromatic rings. The quantitative estimate of drug-likeness (QED) is 0.880. The lowest BCUT2D eigenvalue weighted by molar-refractivity contribution is 0.0784. The zero-order valence-corrected chi connectivity index (χ0v) is 11.3. The maximum atomic E-state index is 12.2. The second-order valence-electron chi connectivity index (χ2n) is 3.88. The van der Waals surface area contributed by atoms with Crippen LogP contribution in [0.2, 0.25) is 5.02 Å². The van der Waals surface area contributed by atoms with Gasteiger partial charge in [-0.3, -0.25) is 4.79 Å². The summed E-state index contributed by atoms with van der Waals surface area (Å²) >= 11 is 7.51. The average Bonchev–Trinajstić information content (AvgIpc) is 2.81. The molecule has 4 nitrogen and oxygen atoms in total. The van der Waals surface area contributed by atoms with Gasteiger partial charge in [-0.05, 0) is 18.2 Å². The van der Waals surface area contributed by atoms with Crippen molar-refractivity contribution in [2.75, 3.05) is 12.8 Å². The Morgan fingerprint density at radius 1 is 1.56 bits per heavy atom. The van der Waals surface area contributed by atoms with Gasteiger partial charge in [-0.15, -0.1) is 11.3 Å². The van der Waals surface area contributed by atoms with Crippen LogP contribution in [0.15, 0.2) is 29.1 Å². The zero-order valence-electron chi connectivity index (χ0n) is 9.76. The SMILES string of the molecule is CN(Cc1cscn1)C(=O)c1ccc(N)cc1Cl. The van der Waals surface area contributed by atoms with E-state index >= 15 is 0 Å². The van der Waals surface area contributed by atoms with E-state index in [1.165, 1.54) is 11.3 Å². The number of nitrogen functional groups attached to an aromatic ring is 1. The summed E-state index contributed by atoms with van der Waals surface area (Å²) in [5.41, 5.74) is 9.19. The number of thiazole rings is 1. The first-order chi connectivity index (χ1) is 8.58. The van der Waals surface area contributed by atoms with Crippen molar-refractivity contribution < 1.29 is 4.79 Å². The third kappa shape index (κ3) is 2.80. The summed E-state index contributed by atoms with van der Waals surface area (Å²) in [5.74, 6) is -0.145. The van der Waals surface area contributed by atoms with E-state index < -0.39 is 0 Å². The molecule has 2 N–H and O–H groups in total. The van der Waals surface area contributed by atoms with Crippen molar-refractivity contribution in [1.29, 1.82) is 0 Å². The summed E-state index contributed by atoms with van der Waals surface area (Å²) in [5, 5.41) is 2.28. The number of carbonyl (C=O) groups excluding carboxylic acids is 1. The maximum Gasteiger partial charge on any atom is 0.255 e. The van der Waals surface area contributed by atoms with Crippen molar-refractivity contribution in [2.45, 2.75) is 6.54 Å². The molecule has 0 saturated carbocycles. The van der Waals surface area contributed by atoms with Gasteiger partial charge in [0.25, 0.3) is 5.91 Å². The molecule has 0 saturated heterocycles. The average molecular weight is 282 g/mol. The van der Waals surface area contributed by atoms with E-state index in [0.717, 1.165) is 5.69 Å². The molecular formula is C12H12ClN3OS. The lowest BCUT2D eigenvalue weighted by Gasteiger charge is -2.16. The molecule has 0 unspecified atom stereocenters. The Morgan fingerprint density at radius 2 is 2.33 bits per heavy atom. The van der Waals surface area contributed by atoms with Gasteiger partial charge >= 0.3 is 0 Å². The highest BCUT2D eigenvalue weighted by Crippen LogP contribution is 2.21. The Hall–Kier alpha value is -1.59. The van der Waals surface area contributed by atoms with E-state index in [1.807, 2.05) is 5.38 Å². The molecule has 18 heavy (non-hydrogen) atoms. The summed E-state index contributed by atoms with van der Waals surface area (Å²) in [7, 11) is 1.72. The first-order valence-corrected chi connectivity index (χ1v) is 6.57.